The molecule has 150 valence electrons. The van der Waals surface area contributed by atoms with Gasteiger partial charge < -0.3 is 9.47 Å². The van der Waals surface area contributed by atoms with Crippen molar-refractivity contribution in [2.75, 3.05) is 7.11 Å². The molecular formula is C25H27NO3. The van der Waals surface area contributed by atoms with Gasteiger partial charge in [0.05, 0.1) is 18.4 Å². The average molecular weight is 389 g/mol. The van der Waals surface area contributed by atoms with E-state index in [9.17, 15) is 4.79 Å². The van der Waals surface area contributed by atoms with Crippen LogP contribution >= 0.6 is 0 Å². The molecule has 0 saturated heterocycles. The molecule has 0 radical (unpaired) electrons. The first-order chi connectivity index (χ1) is 13.9. The lowest BCUT2D eigenvalue weighted by Crippen LogP contribution is -2.30. The van der Waals surface area contributed by atoms with E-state index in [1.165, 1.54) is 12.7 Å². The molecule has 3 rings (SSSR count). The second-order valence-corrected chi connectivity index (χ2v) is 7.56. The Morgan fingerprint density at radius 2 is 1.59 bits per heavy atom. The fourth-order valence-corrected chi connectivity index (χ4v) is 3.44. The number of hydrogen-bond donors (Lipinski definition) is 0. The van der Waals surface area contributed by atoms with Gasteiger partial charge in [-0.2, -0.15) is 0 Å². The van der Waals surface area contributed by atoms with E-state index in [0.29, 0.717) is 18.1 Å². The zero-order chi connectivity index (χ0) is 20.9. The highest BCUT2D eigenvalue weighted by molar-refractivity contribution is 5.89. The Morgan fingerprint density at radius 3 is 2.10 bits per heavy atom. The van der Waals surface area contributed by atoms with Crippen LogP contribution in [0.1, 0.15) is 48.0 Å². The van der Waals surface area contributed by atoms with Gasteiger partial charge in [-0.25, -0.2) is 4.79 Å². The van der Waals surface area contributed by atoms with Gasteiger partial charge in [0.2, 0.25) is 0 Å². The predicted molar refractivity (Wildman–Crippen MR) is 114 cm³/mol. The van der Waals surface area contributed by atoms with Crippen LogP contribution in [0.5, 0.6) is 5.75 Å². The summed E-state index contributed by atoms with van der Waals surface area (Å²) in [6.07, 6.45) is 1.77. The molecule has 0 aliphatic heterocycles. The molecule has 1 aromatic heterocycles. The van der Waals surface area contributed by atoms with Gasteiger partial charge in [-0.3, -0.25) is 4.98 Å². The van der Waals surface area contributed by atoms with Crippen LogP contribution in [0, 0.1) is 5.92 Å². The lowest BCUT2D eigenvalue weighted by Gasteiger charge is -2.35. The number of aromatic nitrogens is 1. The van der Waals surface area contributed by atoms with Crippen molar-refractivity contribution < 1.29 is 14.3 Å². The number of carbonyl (C=O) groups excluding carboxylic acids is 1. The summed E-state index contributed by atoms with van der Waals surface area (Å²) < 4.78 is 10.7. The van der Waals surface area contributed by atoms with E-state index < -0.39 is 0 Å². The number of methoxy groups -OCH3 is 1. The van der Waals surface area contributed by atoms with Crippen LogP contribution in [0.15, 0.2) is 72.9 Å². The summed E-state index contributed by atoms with van der Waals surface area (Å²) in [5.41, 5.74) is 3.61. The maximum atomic E-state index is 11.7. The molecule has 1 heterocycles. The topological polar surface area (TPSA) is 48.4 Å². The number of rotatable bonds is 7. The van der Waals surface area contributed by atoms with Gasteiger partial charge in [0.1, 0.15) is 12.4 Å². The highest BCUT2D eigenvalue weighted by atomic mass is 16.5. The van der Waals surface area contributed by atoms with Crippen molar-refractivity contribution in [2.24, 2.45) is 5.92 Å². The van der Waals surface area contributed by atoms with Crippen molar-refractivity contribution in [3.05, 3.63) is 95.3 Å². The van der Waals surface area contributed by atoms with E-state index in [1.807, 2.05) is 54.6 Å². The minimum absolute atomic E-state index is 0.200. The summed E-state index contributed by atoms with van der Waals surface area (Å²) in [6.45, 7) is 7.09. The maximum absolute atomic E-state index is 11.7. The highest BCUT2D eigenvalue weighted by Gasteiger charge is 2.32. The first kappa shape index (κ1) is 20.6. The molecule has 0 spiro atoms. The average Bonchev–Trinajstić information content (AvgIpc) is 2.77. The summed E-state index contributed by atoms with van der Waals surface area (Å²) in [7, 11) is 1.39. The molecule has 4 heteroatoms. The number of pyridine rings is 1. The Bertz CT molecular complexity index is 934. The summed E-state index contributed by atoms with van der Waals surface area (Å²) in [4.78, 5) is 16.0. The third kappa shape index (κ3) is 4.48. The maximum Gasteiger partial charge on any atom is 0.337 e. The van der Waals surface area contributed by atoms with Gasteiger partial charge in [-0.15, -0.1) is 0 Å². The molecule has 0 aliphatic carbocycles. The molecule has 0 aliphatic rings. The Hall–Kier alpha value is -3.14. The molecular weight excluding hydrogens is 362 g/mol. The largest absolute Gasteiger partial charge is 0.487 e. The van der Waals surface area contributed by atoms with Gasteiger partial charge >= 0.3 is 5.97 Å². The number of ether oxygens (including phenoxy) is 2. The van der Waals surface area contributed by atoms with Gasteiger partial charge in [0.25, 0.3) is 0 Å². The van der Waals surface area contributed by atoms with Gasteiger partial charge in [-0.1, -0.05) is 51.1 Å². The summed E-state index contributed by atoms with van der Waals surface area (Å²) >= 11 is 0. The van der Waals surface area contributed by atoms with Crippen LogP contribution in [0.3, 0.4) is 0 Å². The van der Waals surface area contributed by atoms with Crippen LogP contribution < -0.4 is 4.74 Å². The fraction of sp³-hybridized carbons (Fsp3) is 0.280. The van der Waals surface area contributed by atoms with Crippen LogP contribution in [-0.2, 0) is 16.8 Å². The van der Waals surface area contributed by atoms with E-state index in [1.54, 1.807) is 6.20 Å². The molecule has 0 fully saturated rings. The monoisotopic (exact) mass is 389 g/mol. The van der Waals surface area contributed by atoms with Crippen molar-refractivity contribution in [2.45, 2.75) is 32.8 Å². The molecule has 1 atom stereocenters. The molecule has 1 unspecified atom stereocenters. The summed E-state index contributed by atoms with van der Waals surface area (Å²) in [5, 5.41) is 0. The van der Waals surface area contributed by atoms with Crippen LogP contribution in [0.2, 0.25) is 0 Å². The standard InChI is InChI=1S/C25H27NO3/c1-18(2)25(3,20-10-8-19(9-11-20)24(27)28-4)21-12-14-23(15-13-21)29-17-22-7-5-6-16-26-22/h5-16,18H,17H2,1-4H3. The predicted octanol–water partition coefficient (Wildman–Crippen LogP) is 5.41. The lowest BCUT2D eigenvalue weighted by molar-refractivity contribution is 0.0600. The van der Waals surface area contributed by atoms with E-state index in [4.69, 9.17) is 9.47 Å². The lowest BCUT2D eigenvalue weighted by atomic mass is 9.68. The van der Waals surface area contributed by atoms with E-state index in [0.717, 1.165) is 17.0 Å². The molecule has 29 heavy (non-hydrogen) atoms. The molecule has 2 aromatic carbocycles. The minimum atomic E-state index is -0.322. The zero-order valence-electron chi connectivity index (χ0n) is 17.4. The van der Waals surface area contributed by atoms with Crippen molar-refractivity contribution in [1.82, 2.24) is 4.98 Å². The van der Waals surface area contributed by atoms with Crippen molar-refractivity contribution in [3.8, 4) is 5.75 Å². The van der Waals surface area contributed by atoms with Crippen molar-refractivity contribution >= 4 is 5.97 Å². The van der Waals surface area contributed by atoms with Crippen LogP contribution in [0.25, 0.3) is 0 Å². The molecule has 0 bridgehead atoms. The van der Waals surface area contributed by atoms with Crippen LogP contribution in [-0.4, -0.2) is 18.1 Å². The SMILES string of the molecule is COC(=O)c1ccc(C(C)(c2ccc(OCc3ccccn3)cc2)C(C)C)cc1. The van der Waals surface area contributed by atoms with E-state index in [2.05, 4.69) is 37.9 Å². The fourth-order valence-electron chi connectivity index (χ4n) is 3.44. The third-order valence-electron chi connectivity index (χ3n) is 5.63. The quantitative estimate of drug-likeness (QED) is 0.507. The second kappa shape index (κ2) is 8.91. The van der Waals surface area contributed by atoms with Gasteiger partial charge in [0, 0.05) is 11.6 Å². The molecule has 3 aromatic rings. The molecule has 0 saturated carbocycles. The number of nitrogens with zero attached hydrogens (tertiary/aromatic N) is 1. The third-order valence-corrected chi connectivity index (χ3v) is 5.63. The summed E-state index contributed by atoms with van der Waals surface area (Å²) in [5.74, 6) is 0.843. The Morgan fingerprint density at radius 1 is 0.966 bits per heavy atom. The van der Waals surface area contributed by atoms with Crippen molar-refractivity contribution in [3.63, 3.8) is 0 Å². The normalized spacial score (nSPS) is 13.0. The first-order valence-corrected chi connectivity index (χ1v) is 9.77. The number of hydrogen-bond acceptors (Lipinski definition) is 4. The van der Waals surface area contributed by atoms with Gasteiger partial charge in [-0.05, 0) is 53.4 Å². The molecule has 4 nitrogen and oxygen atoms in total. The molecule has 0 N–H and O–H groups in total. The smallest absolute Gasteiger partial charge is 0.337 e. The number of esters is 1. The Balaban J connectivity index is 1.82. The second-order valence-electron chi connectivity index (χ2n) is 7.56. The highest BCUT2D eigenvalue weighted by Crippen LogP contribution is 2.39. The minimum Gasteiger partial charge on any atom is -0.487 e. The Kier molecular flexibility index (Phi) is 6.32. The number of carbonyl (C=O) groups is 1. The summed E-state index contributed by atoms with van der Waals surface area (Å²) in [6, 6.07) is 21.7. The molecule has 0 amide bonds. The zero-order valence-corrected chi connectivity index (χ0v) is 17.4. The van der Waals surface area contributed by atoms with E-state index >= 15 is 0 Å². The first-order valence-electron chi connectivity index (χ1n) is 9.77. The van der Waals surface area contributed by atoms with Crippen molar-refractivity contribution in [1.29, 1.82) is 0 Å². The number of benzene rings is 2. The van der Waals surface area contributed by atoms with E-state index in [-0.39, 0.29) is 11.4 Å². The van der Waals surface area contributed by atoms with Crippen LogP contribution in [0.4, 0.5) is 0 Å². The Labute approximate surface area is 172 Å². The van der Waals surface area contributed by atoms with Gasteiger partial charge in [0.15, 0.2) is 0 Å².